The van der Waals surface area contributed by atoms with Crippen LogP contribution in [0.4, 0.5) is 21.5 Å². The van der Waals surface area contributed by atoms with E-state index in [4.69, 9.17) is 5.26 Å². The molecule has 0 heterocycles. The van der Waals surface area contributed by atoms with Gasteiger partial charge < -0.3 is 5.32 Å². The van der Waals surface area contributed by atoms with Gasteiger partial charge in [0.2, 0.25) is 0 Å². The number of nitro benzene ring substituents is 1. The number of rotatable bonds is 3. The molecule has 1 N–H and O–H groups in total. The predicted octanol–water partition coefficient (Wildman–Crippen LogP) is 3.35. The third-order valence-electron chi connectivity index (χ3n) is 2.45. The highest BCUT2D eigenvalue weighted by Crippen LogP contribution is 2.25. The van der Waals surface area contributed by atoms with Crippen molar-refractivity contribution in [2.75, 3.05) is 5.32 Å². The summed E-state index contributed by atoms with van der Waals surface area (Å²) in [5.74, 6) is -0.364. The van der Waals surface area contributed by atoms with Gasteiger partial charge in [0, 0.05) is 17.4 Å². The van der Waals surface area contributed by atoms with Gasteiger partial charge in [-0.05, 0) is 36.4 Å². The second-order valence-corrected chi connectivity index (χ2v) is 3.73. The lowest BCUT2D eigenvalue weighted by Gasteiger charge is -2.06. The van der Waals surface area contributed by atoms with E-state index in [0.29, 0.717) is 11.4 Å². The van der Waals surface area contributed by atoms with Crippen LogP contribution in [-0.4, -0.2) is 4.92 Å². The van der Waals surface area contributed by atoms with Crippen molar-refractivity contribution in [1.29, 1.82) is 5.26 Å². The number of anilines is 2. The van der Waals surface area contributed by atoms with Gasteiger partial charge in [0.15, 0.2) is 0 Å². The zero-order chi connectivity index (χ0) is 13.8. The molecule has 0 atom stereocenters. The Morgan fingerprint density at radius 3 is 2.37 bits per heavy atom. The Bertz CT molecular complexity index is 663. The quantitative estimate of drug-likeness (QED) is 0.675. The van der Waals surface area contributed by atoms with Gasteiger partial charge in [-0.3, -0.25) is 10.1 Å². The van der Waals surface area contributed by atoms with Crippen LogP contribution in [0.2, 0.25) is 0 Å². The van der Waals surface area contributed by atoms with Crippen LogP contribution in [0.15, 0.2) is 42.5 Å². The summed E-state index contributed by atoms with van der Waals surface area (Å²) in [6, 6.07) is 11.5. The molecule has 0 bridgehead atoms. The minimum absolute atomic E-state index is 0.00495. The van der Waals surface area contributed by atoms with Gasteiger partial charge >= 0.3 is 0 Å². The van der Waals surface area contributed by atoms with Gasteiger partial charge in [-0.1, -0.05) is 0 Å². The van der Waals surface area contributed by atoms with Gasteiger partial charge in [-0.15, -0.1) is 0 Å². The fourth-order valence-corrected chi connectivity index (χ4v) is 1.55. The number of nitriles is 1. The summed E-state index contributed by atoms with van der Waals surface area (Å²) in [5.41, 5.74) is 0.780. The second-order valence-electron chi connectivity index (χ2n) is 3.73. The number of benzene rings is 2. The molecule has 19 heavy (non-hydrogen) atoms. The molecule has 0 unspecified atom stereocenters. The number of nitrogens with zero attached hydrogens (tertiary/aromatic N) is 2. The van der Waals surface area contributed by atoms with Crippen molar-refractivity contribution in [3.63, 3.8) is 0 Å². The van der Waals surface area contributed by atoms with Crippen LogP contribution in [0.25, 0.3) is 0 Å². The fourth-order valence-electron chi connectivity index (χ4n) is 1.55. The molecule has 0 spiro atoms. The fraction of sp³-hybridized carbons (Fsp3) is 0. The molecule has 0 aliphatic rings. The van der Waals surface area contributed by atoms with Crippen molar-refractivity contribution in [2.45, 2.75) is 0 Å². The van der Waals surface area contributed by atoms with Crippen molar-refractivity contribution in [2.24, 2.45) is 0 Å². The molecule has 0 saturated carbocycles. The van der Waals surface area contributed by atoms with Crippen LogP contribution in [0.5, 0.6) is 0 Å². The van der Waals surface area contributed by atoms with E-state index in [1.54, 1.807) is 12.1 Å². The van der Waals surface area contributed by atoms with E-state index < -0.39 is 4.92 Å². The van der Waals surface area contributed by atoms with Crippen molar-refractivity contribution in [3.8, 4) is 6.07 Å². The van der Waals surface area contributed by atoms with E-state index in [2.05, 4.69) is 5.32 Å². The third-order valence-corrected chi connectivity index (χ3v) is 2.45. The highest BCUT2D eigenvalue weighted by molar-refractivity contribution is 5.65. The summed E-state index contributed by atoms with van der Waals surface area (Å²) in [7, 11) is 0. The number of nitrogens with one attached hydrogen (secondary N) is 1. The Kier molecular flexibility index (Phi) is 3.39. The maximum absolute atomic E-state index is 12.7. The zero-order valence-electron chi connectivity index (χ0n) is 9.63. The van der Waals surface area contributed by atoms with Gasteiger partial charge in [0.1, 0.15) is 17.4 Å². The third kappa shape index (κ3) is 2.84. The maximum Gasteiger partial charge on any atom is 0.289 e. The molecule has 2 aromatic rings. The lowest BCUT2D eigenvalue weighted by Crippen LogP contribution is -1.95. The minimum atomic E-state index is -0.617. The first-order valence-corrected chi connectivity index (χ1v) is 5.31. The van der Waals surface area contributed by atoms with E-state index in [1.165, 1.54) is 36.4 Å². The highest BCUT2D eigenvalue weighted by atomic mass is 19.1. The van der Waals surface area contributed by atoms with Crippen LogP contribution in [0, 0.1) is 27.3 Å². The molecule has 5 nitrogen and oxygen atoms in total. The first-order valence-electron chi connectivity index (χ1n) is 5.31. The molecular formula is C13H8FN3O2. The molecule has 2 rings (SSSR count). The van der Waals surface area contributed by atoms with Crippen LogP contribution < -0.4 is 5.32 Å². The summed E-state index contributed by atoms with van der Waals surface area (Å²) in [4.78, 5) is 10.2. The van der Waals surface area contributed by atoms with E-state index >= 15 is 0 Å². The lowest BCUT2D eigenvalue weighted by molar-refractivity contribution is -0.385. The molecule has 94 valence electrons. The average Bonchev–Trinajstić information content (AvgIpc) is 2.41. The summed E-state index contributed by atoms with van der Waals surface area (Å²) in [5, 5.41) is 22.5. The van der Waals surface area contributed by atoms with E-state index in [0.717, 1.165) is 0 Å². The van der Waals surface area contributed by atoms with Crippen LogP contribution in [0.3, 0.4) is 0 Å². The number of halogens is 1. The van der Waals surface area contributed by atoms with Crippen LogP contribution in [0.1, 0.15) is 5.56 Å². The van der Waals surface area contributed by atoms with Gasteiger partial charge in [0.05, 0.1) is 4.92 Å². The molecule has 0 saturated heterocycles. The number of nitro groups is 1. The standard InChI is InChI=1S/C13H8FN3O2/c14-10-2-5-11(6-3-10)16-12-4-1-9(8-15)13(7-12)17(18)19/h1-7,16H. The number of hydrogen-bond acceptors (Lipinski definition) is 4. The predicted molar refractivity (Wildman–Crippen MR) is 67.5 cm³/mol. The lowest BCUT2D eigenvalue weighted by atomic mass is 10.1. The Labute approximate surface area is 108 Å². The zero-order valence-corrected chi connectivity index (χ0v) is 9.63. The number of hydrogen-bond donors (Lipinski definition) is 1. The maximum atomic E-state index is 12.7. The van der Waals surface area contributed by atoms with Crippen molar-refractivity contribution >= 4 is 17.1 Å². The second kappa shape index (κ2) is 5.14. The van der Waals surface area contributed by atoms with E-state index in [-0.39, 0.29) is 17.1 Å². The molecule has 0 amide bonds. The molecule has 0 aliphatic heterocycles. The highest BCUT2D eigenvalue weighted by Gasteiger charge is 2.14. The smallest absolute Gasteiger partial charge is 0.289 e. The normalized spacial score (nSPS) is 9.68. The Morgan fingerprint density at radius 1 is 1.16 bits per heavy atom. The largest absolute Gasteiger partial charge is 0.355 e. The minimum Gasteiger partial charge on any atom is -0.355 e. The molecular weight excluding hydrogens is 249 g/mol. The van der Waals surface area contributed by atoms with Gasteiger partial charge in [-0.2, -0.15) is 5.26 Å². The van der Waals surface area contributed by atoms with Crippen LogP contribution in [-0.2, 0) is 0 Å². The summed E-state index contributed by atoms with van der Waals surface area (Å²) >= 11 is 0. The summed E-state index contributed by atoms with van der Waals surface area (Å²) < 4.78 is 12.7. The topological polar surface area (TPSA) is 79.0 Å². The Hall–Kier alpha value is -2.94. The summed E-state index contributed by atoms with van der Waals surface area (Å²) in [6.07, 6.45) is 0. The molecule has 0 radical (unpaired) electrons. The van der Waals surface area contributed by atoms with E-state index in [9.17, 15) is 14.5 Å². The molecule has 0 aromatic heterocycles. The first-order chi connectivity index (χ1) is 9.10. The van der Waals surface area contributed by atoms with Crippen molar-refractivity contribution in [1.82, 2.24) is 0 Å². The Morgan fingerprint density at radius 2 is 1.79 bits per heavy atom. The van der Waals surface area contributed by atoms with Gasteiger partial charge in [0.25, 0.3) is 5.69 Å². The average molecular weight is 257 g/mol. The first kappa shape index (κ1) is 12.5. The van der Waals surface area contributed by atoms with E-state index in [1.807, 2.05) is 0 Å². The molecule has 0 fully saturated rings. The molecule has 2 aromatic carbocycles. The van der Waals surface area contributed by atoms with Crippen molar-refractivity contribution in [3.05, 3.63) is 64.0 Å². The Balaban J connectivity index is 2.31. The van der Waals surface area contributed by atoms with Gasteiger partial charge in [-0.25, -0.2) is 4.39 Å². The van der Waals surface area contributed by atoms with Crippen LogP contribution >= 0.6 is 0 Å². The SMILES string of the molecule is N#Cc1ccc(Nc2ccc(F)cc2)cc1[N+](=O)[O-]. The molecule has 6 heteroatoms. The molecule has 0 aliphatic carbocycles. The van der Waals surface area contributed by atoms with Crippen molar-refractivity contribution < 1.29 is 9.31 Å². The summed E-state index contributed by atoms with van der Waals surface area (Å²) in [6.45, 7) is 0. The monoisotopic (exact) mass is 257 g/mol.